The first-order chi connectivity index (χ1) is 8.22. The summed E-state index contributed by atoms with van der Waals surface area (Å²) in [7, 11) is 0. The second-order valence-electron chi connectivity index (χ2n) is 3.58. The summed E-state index contributed by atoms with van der Waals surface area (Å²) in [6, 6.07) is 0. The van der Waals surface area contributed by atoms with Gasteiger partial charge in [0.25, 0.3) is 0 Å². The summed E-state index contributed by atoms with van der Waals surface area (Å²) in [6.45, 7) is 4.90. The van der Waals surface area contributed by atoms with Crippen molar-refractivity contribution >= 4 is 21.7 Å². The van der Waals surface area contributed by atoms with Crippen LogP contribution in [0, 0.1) is 6.92 Å². The van der Waals surface area contributed by atoms with Crippen molar-refractivity contribution in [1.29, 1.82) is 0 Å². The van der Waals surface area contributed by atoms with Crippen LogP contribution >= 0.6 is 15.9 Å². The highest BCUT2D eigenvalue weighted by Gasteiger charge is 2.11. The quantitative estimate of drug-likeness (QED) is 0.904. The van der Waals surface area contributed by atoms with Crippen molar-refractivity contribution < 1.29 is 0 Å². The minimum absolute atomic E-state index is 0.568. The van der Waals surface area contributed by atoms with E-state index in [1.54, 1.807) is 6.20 Å². The van der Waals surface area contributed by atoms with E-state index in [0.29, 0.717) is 11.5 Å². The van der Waals surface area contributed by atoms with Gasteiger partial charge in [0.15, 0.2) is 5.82 Å². The van der Waals surface area contributed by atoms with Crippen molar-refractivity contribution in [2.24, 2.45) is 0 Å². The molecule has 7 heteroatoms. The first-order valence-electron chi connectivity index (χ1n) is 5.36. The first kappa shape index (κ1) is 12.0. The molecular weight excluding hydrogens is 284 g/mol. The van der Waals surface area contributed by atoms with Crippen LogP contribution in [-0.2, 0) is 0 Å². The van der Waals surface area contributed by atoms with E-state index in [0.717, 1.165) is 29.0 Å². The Balaban J connectivity index is 2.39. The van der Waals surface area contributed by atoms with Crippen molar-refractivity contribution in [3.05, 3.63) is 16.4 Å². The summed E-state index contributed by atoms with van der Waals surface area (Å²) < 4.78 is 0.887. The maximum atomic E-state index is 4.42. The van der Waals surface area contributed by atoms with E-state index >= 15 is 0 Å². The van der Waals surface area contributed by atoms with Gasteiger partial charge in [-0.2, -0.15) is 15.4 Å². The number of anilines is 1. The molecule has 0 amide bonds. The highest BCUT2D eigenvalue weighted by molar-refractivity contribution is 9.10. The molecule has 0 saturated heterocycles. The average Bonchev–Trinajstić information content (AvgIpc) is 2.84. The number of aryl methyl sites for hydroxylation is 1. The van der Waals surface area contributed by atoms with Crippen LogP contribution in [0.15, 0.2) is 10.7 Å². The van der Waals surface area contributed by atoms with Crippen molar-refractivity contribution in [3.8, 4) is 11.5 Å². The van der Waals surface area contributed by atoms with Gasteiger partial charge in [0, 0.05) is 6.54 Å². The van der Waals surface area contributed by atoms with Gasteiger partial charge in [0.1, 0.15) is 11.5 Å². The van der Waals surface area contributed by atoms with Gasteiger partial charge in [-0.05, 0) is 29.3 Å². The Labute approximate surface area is 107 Å². The fourth-order valence-electron chi connectivity index (χ4n) is 1.34. The van der Waals surface area contributed by atoms with E-state index < -0.39 is 0 Å². The van der Waals surface area contributed by atoms with E-state index in [9.17, 15) is 0 Å². The highest BCUT2D eigenvalue weighted by Crippen LogP contribution is 2.25. The van der Waals surface area contributed by atoms with Crippen LogP contribution in [0.3, 0.4) is 0 Å². The summed E-state index contributed by atoms with van der Waals surface area (Å²) in [6.07, 6.45) is 2.64. The number of hydrogen-bond acceptors (Lipinski definition) is 5. The molecule has 0 aliphatic heterocycles. The predicted molar refractivity (Wildman–Crippen MR) is 68.6 cm³/mol. The van der Waals surface area contributed by atoms with Crippen LogP contribution in [0.2, 0.25) is 0 Å². The Morgan fingerprint density at radius 2 is 2.24 bits per heavy atom. The molecule has 17 heavy (non-hydrogen) atoms. The summed E-state index contributed by atoms with van der Waals surface area (Å²) in [5, 5.41) is 13.5. The Morgan fingerprint density at radius 1 is 1.41 bits per heavy atom. The van der Waals surface area contributed by atoms with Crippen molar-refractivity contribution in [1.82, 2.24) is 25.4 Å². The maximum Gasteiger partial charge on any atom is 0.184 e. The van der Waals surface area contributed by atoms with Gasteiger partial charge in [-0.3, -0.25) is 0 Å². The highest BCUT2D eigenvalue weighted by atomic mass is 79.9. The lowest BCUT2D eigenvalue weighted by atomic mass is 10.3. The summed E-state index contributed by atoms with van der Waals surface area (Å²) in [4.78, 5) is 8.78. The van der Waals surface area contributed by atoms with E-state index in [1.165, 1.54) is 0 Å². The number of nitrogens with zero attached hydrogens (tertiary/aromatic N) is 4. The first-order valence-corrected chi connectivity index (χ1v) is 6.15. The second kappa shape index (κ2) is 5.22. The third kappa shape index (κ3) is 2.60. The zero-order chi connectivity index (χ0) is 12.3. The summed E-state index contributed by atoms with van der Waals surface area (Å²) in [5.74, 6) is 1.36. The van der Waals surface area contributed by atoms with Gasteiger partial charge in [0.2, 0.25) is 0 Å². The SMILES string of the molecule is CCCNc1nc(-c2cn[nH]n2)nc(C)c1Br. The Hall–Kier alpha value is -1.50. The van der Waals surface area contributed by atoms with E-state index in [-0.39, 0.29) is 0 Å². The van der Waals surface area contributed by atoms with Crippen molar-refractivity contribution in [3.63, 3.8) is 0 Å². The topological polar surface area (TPSA) is 79.4 Å². The molecule has 0 aliphatic rings. The van der Waals surface area contributed by atoms with Gasteiger partial charge in [-0.1, -0.05) is 6.92 Å². The van der Waals surface area contributed by atoms with Crippen LogP contribution in [0.25, 0.3) is 11.5 Å². The molecular formula is C10H13BrN6. The van der Waals surface area contributed by atoms with Gasteiger partial charge in [0.05, 0.1) is 16.4 Å². The molecule has 2 aromatic rings. The molecule has 90 valence electrons. The summed E-state index contributed by atoms with van der Waals surface area (Å²) >= 11 is 3.48. The lowest BCUT2D eigenvalue weighted by Gasteiger charge is -2.09. The van der Waals surface area contributed by atoms with Crippen LogP contribution < -0.4 is 5.32 Å². The second-order valence-corrected chi connectivity index (χ2v) is 4.37. The fraction of sp³-hybridized carbons (Fsp3) is 0.400. The number of aromatic amines is 1. The number of H-pyrrole nitrogens is 1. The lowest BCUT2D eigenvalue weighted by molar-refractivity contribution is 0.933. The summed E-state index contributed by atoms with van der Waals surface area (Å²) in [5.41, 5.74) is 1.51. The van der Waals surface area contributed by atoms with Gasteiger partial charge >= 0.3 is 0 Å². The molecule has 2 N–H and O–H groups in total. The Kier molecular flexibility index (Phi) is 3.68. The minimum atomic E-state index is 0.568. The lowest BCUT2D eigenvalue weighted by Crippen LogP contribution is -2.06. The third-order valence-corrected chi connectivity index (χ3v) is 3.15. The maximum absolute atomic E-state index is 4.42. The number of nitrogens with one attached hydrogen (secondary N) is 2. The Bertz CT molecular complexity index is 496. The zero-order valence-electron chi connectivity index (χ0n) is 9.66. The van der Waals surface area contributed by atoms with E-state index in [4.69, 9.17) is 0 Å². The molecule has 0 aliphatic carbocycles. The fourth-order valence-corrected chi connectivity index (χ4v) is 1.66. The van der Waals surface area contributed by atoms with E-state index in [1.807, 2.05) is 6.92 Å². The molecule has 0 bridgehead atoms. The average molecular weight is 297 g/mol. The van der Waals surface area contributed by atoms with Crippen molar-refractivity contribution in [2.45, 2.75) is 20.3 Å². The molecule has 0 saturated carbocycles. The van der Waals surface area contributed by atoms with Crippen molar-refractivity contribution in [2.75, 3.05) is 11.9 Å². The molecule has 2 rings (SSSR count). The number of aromatic nitrogens is 5. The molecule has 0 fully saturated rings. The third-order valence-electron chi connectivity index (χ3n) is 2.20. The number of halogens is 1. The molecule has 0 atom stereocenters. The van der Waals surface area contributed by atoms with Crippen LogP contribution in [-0.4, -0.2) is 31.9 Å². The number of hydrogen-bond donors (Lipinski definition) is 2. The molecule has 0 aromatic carbocycles. The van der Waals surface area contributed by atoms with Gasteiger partial charge in [-0.15, -0.1) is 0 Å². The van der Waals surface area contributed by atoms with E-state index in [2.05, 4.69) is 53.5 Å². The van der Waals surface area contributed by atoms with Crippen LogP contribution in [0.4, 0.5) is 5.82 Å². The van der Waals surface area contributed by atoms with Gasteiger partial charge in [-0.25, -0.2) is 9.97 Å². The monoisotopic (exact) mass is 296 g/mol. The molecule has 6 nitrogen and oxygen atoms in total. The normalized spacial score (nSPS) is 10.5. The molecule has 2 heterocycles. The zero-order valence-corrected chi connectivity index (χ0v) is 11.2. The minimum Gasteiger partial charge on any atom is -0.369 e. The number of rotatable bonds is 4. The largest absolute Gasteiger partial charge is 0.369 e. The smallest absolute Gasteiger partial charge is 0.184 e. The molecule has 0 unspecified atom stereocenters. The van der Waals surface area contributed by atoms with Crippen LogP contribution in [0.5, 0.6) is 0 Å². The molecule has 2 aromatic heterocycles. The Morgan fingerprint density at radius 3 is 2.88 bits per heavy atom. The van der Waals surface area contributed by atoms with Crippen LogP contribution in [0.1, 0.15) is 19.0 Å². The standard InChI is InChI=1S/C10H13BrN6/c1-3-4-12-10-8(11)6(2)14-9(15-10)7-5-13-17-16-7/h5H,3-4H2,1-2H3,(H,12,14,15)(H,13,16,17). The van der Waals surface area contributed by atoms with Gasteiger partial charge < -0.3 is 5.32 Å². The molecule has 0 spiro atoms. The molecule has 0 radical (unpaired) electrons. The predicted octanol–water partition coefficient (Wildman–Crippen LogP) is 2.15.